The monoisotopic (exact) mass is 473 g/mol. The van der Waals surface area contributed by atoms with Gasteiger partial charge in [-0.05, 0) is 81.1 Å². The molecule has 2 aromatic rings. The van der Waals surface area contributed by atoms with Crippen LogP contribution < -0.4 is 0 Å². The second kappa shape index (κ2) is 9.37. The summed E-state index contributed by atoms with van der Waals surface area (Å²) < 4.78 is 2.17. The Morgan fingerprint density at radius 2 is 1.85 bits per heavy atom. The largest absolute Gasteiger partial charge is 0.318 e. The number of hydrogen-bond acceptors (Lipinski definition) is 4. The number of fused-ring (bicyclic) bond motifs is 1. The van der Waals surface area contributed by atoms with E-state index < -0.39 is 0 Å². The third-order valence-electron chi connectivity index (χ3n) is 7.05. The third kappa shape index (κ3) is 4.41. The average molecular weight is 474 g/mol. The van der Waals surface area contributed by atoms with Gasteiger partial charge in [-0.1, -0.05) is 49.8 Å². The first-order valence-electron chi connectivity index (χ1n) is 12.2. The normalized spacial score (nSPS) is 20.1. The van der Waals surface area contributed by atoms with E-state index in [-0.39, 0.29) is 17.3 Å². The first-order valence-corrected chi connectivity index (χ1v) is 13.0. The molecule has 6 nitrogen and oxygen atoms in total. The van der Waals surface area contributed by atoms with Crippen LogP contribution in [-0.4, -0.2) is 31.5 Å². The van der Waals surface area contributed by atoms with Crippen LogP contribution in [-0.2, 0) is 4.79 Å². The molecular formula is C27H31N5OS. The highest BCUT2D eigenvalue weighted by Gasteiger charge is 2.35. The van der Waals surface area contributed by atoms with E-state index in [0.29, 0.717) is 5.17 Å². The number of hydrogen-bond donors (Lipinski definition) is 1. The second-order valence-corrected chi connectivity index (χ2v) is 10.6. The number of thioether (sulfide) groups is 1. The Morgan fingerprint density at radius 3 is 2.59 bits per heavy atom. The molecule has 0 atom stereocenters. The molecule has 0 radical (unpaired) electrons. The first kappa shape index (κ1) is 22.8. The highest BCUT2D eigenvalue weighted by atomic mass is 32.2. The Labute approximate surface area is 205 Å². The van der Waals surface area contributed by atoms with Gasteiger partial charge in [-0.2, -0.15) is 15.1 Å². The number of aryl methyl sites for hydroxylation is 2. The summed E-state index contributed by atoms with van der Waals surface area (Å²) in [6.45, 7) is 6.17. The number of aromatic nitrogens is 1. The molecule has 5 rings (SSSR count). The molecule has 1 aromatic carbocycles. The van der Waals surface area contributed by atoms with Crippen molar-refractivity contribution >= 4 is 39.8 Å². The smallest absolute Gasteiger partial charge is 0.283 e. The number of nitrogens with one attached hydrogen (secondary N) is 1. The van der Waals surface area contributed by atoms with E-state index in [9.17, 15) is 4.79 Å². The van der Waals surface area contributed by atoms with Crippen molar-refractivity contribution in [1.29, 1.82) is 5.41 Å². The van der Waals surface area contributed by atoms with Crippen molar-refractivity contribution in [2.24, 2.45) is 16.0 Å². The summed E-state index contributed by atoms with van der Waals surface area (Å²) in [5.74, 6) is 0.514. The zero-order chi connectivity index (χ0) is 23.8. The molecule has 0 saturated heterocycles. The Bertz CT molecular complexity index is 1230. The van der Waals surface area contributed by atoms with Gasteiger partial charge in [0.05, 0.1) is 5.57 Å². The summed E-state index contributed by atoms with van der Waals surface area (Å²) in [5.41, 5.74) is 5.59. The van der Waals surface area contributed by atoms with Gasteiger partial charge in [0.15, 0.2) is 5.84 Å². The molecule has 176 valence electrons. The number of hydrazone groups is 1. The standard InChI is InChI=1S/C27H31N5OS/c1-17-9-12-22(13-10-17)31-18(2)15-21(19(31)3)16-23-25(28)32-27(29-26(23)33)34-24(30-32)14-11-20-7-5-4-6-8-20/h9-10,12-13,15-16,20,28H,4-8,11,14H2,1-3H3/b23-16+,28-25?. The number of amidine groups is 2. The molecule has 0 spiro atoms. The Morgan fingerprint density at radius 1 is 1.12 bits per heavy atom. The molecule has 1 aliphatic carbocycles. The number of carbonyl (C=O) groups is 1. The predicted molar refractivity (Wildman–Crippen MR) is 141 cm³/mol. The predicted octanol–water partition coefficient (Wildman–Crippen LogP) is 6.38. The molecule has 7 heteroatoms. The lowest BCUT2D eigenvalue weighted by atomic mass is 9.86. The van der Waals surface area contributed by atoms with Gasteiger partial charge in [-0.15, -0.1) is 0 Å². The van der Waals surface area contributed by atoms with E-state index in [4.69, 9.17) is 5.41 Å². The van der Waals surface area contributed by atoms with Gasteiger partial charge in [0.2, 0.25) is 5.17 Å². The van der Waals surface area contributed by atoms with Crippen molar-refractivity contribution in [1.82, 2.24) is 9.58 Å². The topological polar surface area (TPSA) is 73.8 Å². The molecule has 1 N–H and O–H groups in total. The average Bonchev–Trinajstić information content (AvgIpc) is 3.36. The molecule has 34 heavy (non-hydrogen) atoms. The number of benzene rings is 1. The highest BCUT2D eigenvalue weighted by Crippen LogP contribution is 2.33. The molecule has 1 aromatic heterocycles. The Balaban J connectivity index is 1.37. The third-order valence-corrected chi connectivity index (χ3v) is 8.02. The van der Waals surface area contributed by atoms with Gasteiger partial charge in [-0.3, -0.25) is 10.2 Å². The lowest BCUT2D eigenvalue weighted by Crippen LogP contribution is -2.35. The van der Waals surface area contributed by atoms with E-state index in [1.165, 1.54) is 54.4 Å². The van der Waals surface area contributed by atoms with Gasteiger partial charge in [0.25, 0.3) is 5.91 Å². The Kier molecular flexibility index (Phi) is 6.30. The van der Waals surface area contributed by atoms with Crippen LogP contribution in [0.5, 0.6) is 0 Å². The van der Waals surface area contributed by atoms with Crippen LogP contribution in [0.3, 0.4) is 0 Å². The minimum Gasteiger partial charge on any atom is -0.318 e. The summed E-state index contributed by atoms with van der Waals surface area (Å²) in [4.78, 5) is 17.2. The van der Waals surface area contributed by atoms with Gasteiger partial charge in [0.1, 0.15) is 5.04 Å². The fraction of sp³-hybridized carbons (Fsp3) is 0.407. The van der Waals surface area contributed by atoms with Crippen LogP contribution in [0.15, 0.2) is 46.0 Å². The summed E-state index contributed by atoms with van der Waals surface area (Å²) in [6.07, 6.45) is 10.5. The minimum atomic E-state index is -0.368. The molecule has 3 aliphatic rings. The molecule has 3 heterocycles. The van der Waals surface area contributed by atoms with Crippen LogP contribution in [0.1, 0.15) is 67.5 Å². The van der Waals surface area contributed by atoms with Crippen LogP contribution in [0.25, 0.3) is 11.8 Å². The van der Waals surface area contributed by atoms with Crippen LogP contribution in [0, 0.1) is 32.1 Å². The molecule has 0 unspecified atom stereocenters. The van der Waals surface area contributed by atoms with Crippen molar-refractivity contribution in [2.45, 2.75) is 65.7 Å². The van der Waals surface area contributed by atoms with Gasteiger partial charge in [0, 0.05) is 17.1 Å². The van der Waals surface area contributed by atoms with Crippen molar-refractivity contribution in [3.8, 4) is 5.69 Å². The SMILES string of the molecule is Cc1ccc(-n2c(C)cc(/C=C3\C(=N)N4N=C(CCC5CCCCC5)SC4=NC3=O)c2C)cc1. The molecule has 2 aliphatic heterocycles. The highest BCUT2D eigenvalue weighted by molar-refractivity contribution is 8.26. The minimum absolute atomic E-state index is 0.107. The maximum atomic E-state index is 12.9. The zero-order valence-electron chi connectivity index (χ0n) is 20.1. The summed E-state index contributed by atoms with van der Waals surface area (Å²) >= 11 is 1.44. The summed E-state index contributed by atoms with van der Waals surface area (Å²) in [6, 6.07) is 10.4. The van der Waals surface area contributed by atoms with E-state index in [2.05, 4.69) is 58.8 Å². The van der Waals surface area contributed by atoms with Crippen molar-refractivity contribution in [3.63, 3.8) is 0 Å². The van der Waals surface area contributed by atoms with Crippen molar-refractivity contribution in [2.75, 3.05) is 0 Å². The number of rotatable bonds is 5. The van der Waals surface area contributed by atoms with Gasteiger partial charge >= 0.3 is 0 Å². The fourth-order valence-electron chi connectivity index (χ4n) is 5.12. The number of nitrogens with zero attached hydrogens (tertiary/aromatic N) is 4. The molecule has 1 amide bonds. The van der Waals surface area contributed by atoms with E-state index in [1.807, 2.05) is 6.92 Å². The zero-order valence-corrected chi connectivity index (χ0v) is 20.9. The maximum Gasteiger partial charge on any atom is 0.283 e. The number of aliphatic imine (C=N–C) groups is 1. The quantitative estimate of drug-likeness (QED) is 0.512. The fourth-order valence-corrected chi connectivity index (χ4v) is 6.02. The van der Waals surface area contributed by atoms with Crippen molar-refractivity contribution < 1.29 is 4.79 Å². The van der Waals surface area contributed by atoms with Crippen LogP contribution >= 0.6 is 11.8 Å². The van der Waals surface area contributed by atoms with E-state index in [0.717, 1.165) is 46.4 Å². The van der Waals surface area contributed by atoms with Crippen LogP contribution in [0.4, 0.5) is 0 Å². The van der Waals surface area contributed by atoms with Gasteiger partial charge in [-0.25, -0.2) is 0 Å². The first-order chi connectivity index (χ1) is 16.4. The lowest BCUT2D eigenvalue weighted by molar-refractivity contribution is -0.114. The second-order valence-electron chi connectivity index (χ2n) is 9.55. The number of carbonyl (C=O) groups excluding carboxylic acids is 1. The maximum absolute atomic E-state index is 12.9. The summed E-state index contributed by atoms with van der Waals surface area (Å²) in [5, 5.41) is 16.4. The molecular weight excluding hydrogens is 442 g/mol. The van der Waals surface area contributed by atoms with E-state index >= 15 is 0 Å². The van der Waals surface area contributed by atoms with Gasteiger partial charge < -0.3 is 4.57 Å². The number of amides is 1. The lowest BCUT2D eigenvalue weighted by Gasteiger charge is -2.20. The summed E-state index contributed by atoms with van der Waals surface area (Å²) in [7, 11) is 0. The molecule has 1 saturated carbocycles. The Hall–Kier alpha value is -2.93. The molecule has 0 bridgehead atoms. The van der Waals surface area contributed by atoms with Crippen LogP contribution in [0.2, 0.25) is 0 Å². The van der Waals surface area contributed by atoms with Crippen molar-refractivity contribution in [3.05, 3.63) is 58.4 Å². The molecule has 1 fully saturated rings. The van der Waals surface area contributed by atoms with E-state index in [1.54, 1.807) is 6.08 Å².